The van der Waals surface area contributed by atoms with Crippen molar-refractivity contribution in [2.45, 2.75) is 57.8 Å². The van der Waals surface area contributed by atoms with Crippen LogP contribution in [0.2, 0.25) is 0 Å². The minimum atomic E-state index is -1.52. The van der Waals surface area contributed by atoms with Crippen LogP contribution in [0.5, 0.6) is 0 Å². The summed E-state index contributed by atoms with van der Waals surface area (Å²) in [5.41, 5.74) is 12.5. The molecule has 0 aliphatic heterocycles. The highest BCUT2D eigenvalue weighted by molar-refractivity contribution is 6.58. The molecule has 2 aliphatic carbocycles. The Morgan fingerprint density at radius 1 is 0.528 bits per heavy atom. The van der Waals surface area contributed by atoms with E-state index in [0.29, 0.717) is 5.46 Å². The molecule has 2 nitrogen and oxygen atoms in total. The van der Waals surface area contributed by atoms with Crippen LogP contribution in [0, 0.1) is 0 Å². The van der Waals surface area contributed by atoms with Crippen LogP contribution in [0.15, 0.2) is 78.9 Å². The average Bonchev–Trinajstić information content (AvgIpc) is 3.29. The molecule has 0 atom stereocenters. The lowest BCUT2D eigenvalue weighted by Gasteiger charge is -2.33. The first-order valence-electron chi connectivity index (χ1n) is 12.8. The fraction of sp³-hybridized carbons (Fsp3) is 0.273. The number of benzene rings is 4. The Morgan fingerprint density at radius 3 is 1.47 bits per heavy atom. The Balaban J connectivity index is 1.81. The summed E-state index contributed by atoms with van der Waals surface area (Å²) in [5, 5.41) is 20.3. The quantitative estimate of drug-likeness (QED) is 0.276. The van der Waals surface area contributed by atoms with Crippen LogP contribution < -0.4 is 5.46 Å². The van der Waals surface area contributed by atoms with Crippen molar-refractivity contribution in [1.29, 1.82) is 0 Å². The van der Waals surface area contributed by atoms with Gasteiger partial charge < -0.3 is 10.0 Å². The van der Waals surface area contributed by atoms with Crippen LogP contribution in [-0.4, -0.2) is 17.2 Å². The summed E-state index contributed by atoms with van der Waals surface area (Å²) < 4.78 is 0. The molecule has 3 heteroatoms. The van der Waals surface area contributed by atoms with Gasteiger partial charge in [-0.3, -0.25) is 0 Å². The van der Waals surface area contributed by atoms with Gasteiger partial charge in [-0.15, -0.1) is 0 Å². The maximum absolute atomic E-state index is 10.2. The Bertz CT molecular complexity index is 1470. The molecule has 6 rings (SSSR count). The molecule has 4 aromatic carbocycles. The van der Waals surface area contributed by atoms with Gasteiger partial charge in [0.2, 0.25) is 0 Å². The zero-order valence-corrected chi connectivity index (χ0v) is 22.0. The van der Waals surface area contributed by atoms with E-state index in [2.05, 4.69) is 108 Å². The van der Waals surface area contributed by atoms with E-state index < -0.39 is 12.5 Å². The summed E-state index contributed by atoms with van der Waals surface area (Å²) in [6, 6.07) is 28.6. The van der Waals surface area contributed by atoms with Gasteiger partial charge in [0, 0.05) is 0 Å². The molecule has 0 unspecified atom stereocenters. The average molecular weight is 472 g/mol. The molecular formula is C33H33BO2. The molecule has 0 heterocycles. The molecule has 180 valence electrons. The van der Waals surface area contributed by atoms with Crippen molar-refractivity contribution in [2.75, 3.05) is 0 Å². The van der Waals surface area contributed by atoms with Gasteiger partial charge in [-0.2, -0.15) is 0 Å². The third kappa shape index (κ3) is 3.06. The Labute approximate surface area is 214 Å². The second-order valence-corrected chi connectivity index (χ2v) is 12.5. The topological polar surface area (TPSA) is 40.5 Å². The summed E-state index contributed by atoms with van der Waals surface area (Å²) in [5.74, 6) is 0. The minimum absolute atomic E-state index is 0.00561. The fourth-order valence-electron chi connectivity index (χ4n) is 6.29. The smallest absolute Gasteiger partial charge is 0.423 e. The van der Waals surface area contributed by atoms with E-state index in [4.69, 9.17) is 0 Å². The van der Waals surface area contributed by atoms with Gasteiger partial charge in [-0.25, -0.2) is 0 Å². The van der Waals surface area contributed by atoms with Gasteiger partial charge >= 0.3 is 7.12 Å². The first-order valence-corrected chi connectivity index (χ1v) is 12.8. The molecule has 36 heavy (non-hydrogen) atoms. The molecule has 0 saturated carbocycles. The maximum atomic E-state index is 10.2. The van der Waals surface area contributed by atoms with Crippen LogP contribution in [0.25, 0.3) is 22.3 Å². The van der Waals surface area contributed by atoms with Gasteiger partial charge in [0.15, 0.2) is 0 Å². The van der Waals surface area contributed by atoms with Crippen LogP contribution >= 0.6 is 0 Å². The minimum Gasteiger partial charge on any atom is -0.423 e. The molecule has 0 radical (unpaired) electrons. The van der Waals surface area contributed by atoms with Crippen LogP contribution in [0.3, 0.4) is 0 Å². The maximum Gasteiger partial charge on any atom is 0.488 e. The van der Waals surface area contributed by atoms with E-state index in [1.807, 2.05) is 12.1 Å². The van der Waals surface area contributed by atoms with E-state index in [1.54, 1.807) is 0 Å². The predicted octanol–water partition coefficient (Wildman–Crippen LogP) is 6.30. The van der Waals surface area contributed by atoms with E-state index >= 15 is 0 Å². The number of fused-ring (bicyclic) bond motifs is 10. The SMILES string of the molecule is CC(C)(C)c1ccc2c(c1)C1(c3ccccc3-c3ccc(B(O)O)cc31)c1cc(C(C)(C)C)ccc1-2. The lowest BCUT2D eigenvalue weighted by Crippen LogP contribution is -2.33. The zero-order chi connectivity index (χ0) is 25.6. The van der Waals surface area contributed by atoms with Gasteiger partial charge in [-0.1, -0.05) is 120 Å². The highest BCUT2D eigenvalue weighted by Gasteiger charge is 2.52. The Kier molecular flexibility index (Phi) is 4.81. The first-order chi connectivity index (χ1) is 16.9. The summed E-state index contributed by atoms with van der Waals surface area (Å²) in [6.07, 6.45) is 0. The van der Waals surface area contributed by atoms with Gasteiger partial charge in [0.05, 0.1) is 5.41 Å². The molecular weight excluding hydrogens is 439 g/mol. The summed E-state index contributed by atoms with van der Waals surface area (Å²) in [7, 11) is -1.52. The van der Waals surface area contributed by atoms with E-state index in [-0.39, 0.29) is 10.8 Å². The molecule has 0 bridgehead atoms. The molecule has 0 aromatic heterocycles. The number of rotatable bonds is 1. The molecule has 0 fully saturated rings. The molecule has 4 aromatic rings. The molecule has 2 aliphatic rings. The third-order valence-corrected chi connectivity index (χ3v) is 8.24. The van der Waals surface area contributed by atoms with Crippen molar-refractivity contribution >= 4 is 12.6 Å². The van der Waals surface area contributed by atoms with Crippen molar-refractivity contribution < 1.29 is 10.0 Å². The largest absolute Gasteiger partial charge is 0.488 e. The van der Waals surface area contributed by atoms with E-state index in [9.17, 15) is 10.0 Å². The fourth-order valence-corrected chi connectivity index (χ4v) is 6.29. The van der Waals surface area contributed by atoms with Crippen molar-refractivity contribution in [2.24, 2.45) is 0 Å². The Morgan fingerprint density at radius 2 is 0.972 bits per heavy atom. The molecule has 0 amide bonds. The zero-order valence-electron chi connectivity index (χ0n) is 22.0. The summed E-state index contributed by atoms with van der Waals surface area (Å²) in [6.45, 7) is 13.6. The van der Waals surface area contributed by atoms with Crippen LogP contribution in [0.1, 0.15) is 74.9 Å². The number of hydrogen-bond acceptors (Lipinski definition) is 2. The van der Waals surface area contributed by atoms with E-state index in [0.717, 1.165) is 11.1 Å². The van der Waals surface area contributed by atoms with Crippen molar-refractivity contribution in [1.82, 2.24) is 0 Å². The van der Waals surface area contributed by atoms with Gasteiger partial charge in [-0.05, 0) is 71.9 Å². The first kappa shape index (κ1) is 23.3. The highest BCUT2D eigenvalue weighted by Crippen LogP contribution is 2.63. The number of hydrogen-bond donors (Lipinski definition) is 2. The molecule has 1 spiro atoms. The van der Waals surface area contributed by atoms with Gasteiger partial charge in [0.1, 0.15) is 0 Å². The predicted molar refractivity (Wildman–Crippen MR) is 150 cm³/mol. The molecule has 0 saturated heterocycles. The van der Waals surface area contributed by atoms with E-state index in [1.165, 1.54) is 44.5 Å². The van der Waals surface area contributed by atoms with Crippen LogP contribution in [-0.2, 0) is 16.2 Å². The lowest BCUT2D eigenvalue weighted by atomic mass is 9.67. The van der Waals surface area contributed by atoms with Crippen molar-refractivity contribution in [3.8, 4) is 22.3 Å². The standard InChI is InChI=1S/C33H33BO2/c1-31(2,3)20-11-14-24-25-15-12-21(32(4,5)6)18-29(25)33(28(24)17-20)27-10-8-7-9-23(27)26-16-13-22(34(35)36)19-30(26)33/h7-19,35-36H,1-6H3. The van der Waals surface area contributed by atoms with Gasteiger partial charge in [0.25, 0.3) is 0 Å². The monoisotopic (exact) mass is 472 g/mol. The lowest BCUT2D eigenvalue weighted by molar-refractivity contribution is 0.425. The highest BCUT2D eigenvalue weighted by atomic mass is 16.4. The second-order valence-electron chi connectivity index (χ2n) is 12.5. The van der Waals surface area contributed by atoms with Crippen LogP contribution in [0.4, 0.5) is 0 Å². The summed E-state index contributed by atoms with van der Waals surface area (Å²) >= 11 is 0. The normalized spacial score (nSPS) is 14.9. The second kappa shape index (κ2) is 7.44. The summed E-state index contributed by atoms with van der Waals surface area (Å²) in [4.78, 5) is 0. The Hall–Kier alpha value is -3.14. The van der Waals surface area contributed by atoms with Crippen molar-refractivity contribution in [3.05, 3.63) is 112 Å². The van der Waals surface area contributed by atoms with Crippen molar-refractivity contribution in [3.63, 3.8) is 0 Å². The third-order valence-electron chi connectivity index (χ3n) is 8.24. The molecule has 2 N–H and O–H groups in total.